The first-order valence-corrected chi connectivity index (χ1v) is 11.4. The van der Waals surface area contributed by atoms with Crippen LogP contribution in [0.25, 0.3) is 5.57 Å². The summed E-state index contributed by atoms with van der Waals surface area (Å²) in [5, 5.41) is 6.06. The molecule has 7 heteroatoms. The lowest BCUT2D eigenvalue weighted by molar-refractivity contribution is -0.113. The Morgan fingerprint density at radius 1 is 1.10 bits per heavy atom. The molecule has 0 radical (unpaired) electrons. The lowest BCUT2D eigenvalue weighted by Crippen LogP contribution is -2.31. The Hall–Kier alpha value is -2.54. The summed E-state index contributed by atoms with van der Waals surface area (Å²) < 4.78 is 0. The first kappa shape index (κ1) is 18.5. The van der Waals surface area contributed by atoms with Gasteiger partial charge in [0.2, 0.25) is 0 Å². The van der Waals surface area contributed by atoms with Gasteiger partial charge < -0.3 is 10.2 Å². The van der Waals surface area contributed by atoms with Gasteiger partial charge in [0.15, 0.2) is 10.9 Å². The summed E-state index contributed by atoms with van der Waals surface area (Å²) in [5.41, 5.74) is 5.71. The fourth-order valence-electron chi connectivity index (χ4n) is 4.48. The van der Waals surface area contributed by atoms with Crippen molar-refractivity contribution >= 4 is 33.8 Å². The number of carbonyl (C=O) groups is 1. The Labute approximate surface area is 174 Å². The van der Waals surface area contributed by atoms with Crippen LogP contribution in [0.3, 0.4) is 0 Å². The maximum absolute atomic E-state index is 12.5. The van der Waals surface area contributed by atoms with Gasteiger partial charge in [-0.05, 0) is 56.9 Å². The summed E-state index contributed by atoms with van der Waals surface area (Å²) in [4.78, 5) is 28.9. The van der Waals surface area contributed by atoms with Gasteiger partial charge in [-0.25, -0.2) is 9.97 Å². The smallest absolute Gasteiger partial charge is 0.252 e. The first-order valence-electron chi connectivity index (χ1n) is 10.5. The zero-order valence-corrected chi connectivity index (χ0v) is 17.3. The van der Waals surface area contributed by atoms with E-state index in [0.717, 1.165) is 80.1 Å². The van der Waals surface area contributed by atoms with Gasteiger partial charge >= 0.3 is 0 Å². The molecule has 29 heavy (non-hydrogen) atoms. The van der Waals surface area contributed by atoms with Crippen molar-refractivity contribution in [2.24, 2.45) is 0 Å². The highest BCUT2D eigenvalue weighted by atomic mass is 32.1. The molecule has 2 aliphatic carbocycles. The summed E-state index contributed by atoms with van der Waals surface area (Å²) in [6.07, 6.45) is 13.9. The van der Waals surface area contributed by atoms with Crippen molar-refractivity contribution in [1.29, 1.82) is 0 Å². The van der Waals surface area contributed by atoms with Crippen LogP contribution in [-0.4, -0.2) is 33.9 Å². The number of hydrogen-bond acceptors (Lipinski definition) is 6. The fourth-order valence-corrected chi connectivity index (χ4v) is 5.15. The second kappa shape index (κ2) is 8.06. The molecule has 1 aliphatic heterocycles. The largest absolute Gasteiger partial charge is 0.343 e. The van der Waals surface area contributed by atoms with E-state index in [0.29, 0.717) is 5.82 Å². The molecule has 2 aromatic rings. The number of hydrogen-bond donors (Lipinski definition) is 1. The predicted octanol–water partition coefficient (Wildman–Crippen LogP) is 4.37. The number of rotatable bonds is 3. The fraction of sp³-hybridized carbons (Fsp3) is 0.455. The number of amides is 1. The van der Waals surface area contributed by atoms with E-state index in [1.165, 1.54) is 17.6 Å². The topological polar surface area (TPSA) is 71.0 Å². The normalized spacial score (nSPS) is 19.2. The molecule has 1 amide bonds. The van der Waals surface area contributed by atoms with Gasteiger partial charge in [0, 0.05) is 30.2 Å². The SMILES string of the molecule is O=C(Nc1cnc2c(n1)CCCC1=C2CN(c2nccs2)CC1)C1=CCCCC1. The first-order chi connectivity index (χ1) is 14.3. The summed E-state index contributed by atoms with van der Waals surface area (Å²) in [5.74, 6) is 0.539. The Balaban J connectivity index is 1.39. The molecular weight excluding hydrogens is 382 g/mol. The van der Waals surface area contributed by atoms with Crippen molar-refractivity contribution in [3.8, 4) is 0 Å². The van der Waals surface area contributed by atoms with Crippen LogP contribution in [0.4, 0.5) is 10.9 Å². The van der Waals surface area contributed by atoms with Gasteiger partial charge in [0.05, 0.1) is 17.6 Å². The molecule has 0 saturated heterocycles. The summed E-state index contributed by atoms with van der Waals surface area (Å²) in [6.45, 7) is 1.85. The molecule has 0 spiro atoms. The number of aromatic nitrogens is 3. The molecule has 0 fully saturated rings. The highest BCUT2D eigenvalue weighted by molar-refractivity contribution is 7.13. The minimum absolute atomic E-state index is 0.0277. The van der Waals surface area contributed by atoms with Crippen LogP contribution in [-0.2, 0) is 11.2 Å². The minimum Gasteiger partial charge on any atom is -0.343 e. The van der Waals surface area contributed by atoms with Crippen molar-refractivity contribution in [2.75, 3.05) is 23.3 Å². The van der Waals surface area contributed by atoms with Gasteiger partial charge in [-0.2, -0.15) is 0 Å². The average molecular weight is 408 g/mol. The van der Waals surface area contributed by atoms with Crippen LogP contribution in [0, 0.1) is 0 Å². The number of nitrogens with zero attached hydrogens (tertiary/aromatic N) is 4. The number of thiazole rings is 1. The predicted molar refractivity (Wildman–Crippen MR) is 116 cm³/mol. The molecule has 0 atom stereocenters. The second-order valence-electron chi connectivity index (χ2n) is 7.90. The van der Waals surface area contributed by atoms with Crippen LogP contribution in [0.5, 0.6) is 0 Å². The molecule has 5 rings (SSSR count). The van der Waals surface area contributed by atoms with E-state index < -0.39 is 0 Å². The summed E-state index contributed by atoms with van der Waals surface area (Å²) in [6, 6.07) is 0. The van der Waals surface area contributed by atoms with Crippen molar-refractivity contribution in [3.05, 3.63) is 46.4 Å². The minimum atomic E-state index is -0.0277. The van der Waals surface area contributed by atoms with E-state index in [9.17, 15) is 4.79 Å². The van der Waals surface area contributed by atoms with E-state index in [1.54, 1.807) is 17.5 Å². The molecule has 150 valence electrons. The molecule has 0 aromatic carbocycles. The van der Waals surface area contributed by atoms with Gasteiger partial charge in [-0.15, -0.1) is 11.3 Å². The van der Waals surface area contributed by atoms with Crippen LogP contribution in [0.15, 0.2) is 35.0 Å². The number of allylic oxidation sites excluding steroid dienone is 1. The van der Waals surface area contributed by atoms with E-state index >= 15 is 0 Å². The average Bonchev–Trinajstić information content (AvgIpc) is 3.24. The van der Waals surface area contributed by atoms with Crippen molar-refractivity contribution in [1.82, 2.24) is 15.0 Å². The third kappa shape index (κ3) is 3.83. The zero-order valence-electron chi connectivity index (χ0n) is 16.5. The highest BCUT2D eigenvalue weighted by Crippen LogP contribution is 2.36. The van der Waals surface area contributed by atoms with Crippen LogP contribution < -0.4 is 10.2 Å². The molecule has 3 heterocycles. The Kier molecular flexibility index (Phi) is 5.14. The maximum atomic E-state index is 12.5. The molecular formula is C22H25N5OS. The van der Waals surface area contributed by atoms with E-state index in [2.05, 4.69) is 21.3 Å². The van der Waals surface area contributed by atoms with Crippen LogP contribution in [0.1, 0.15) is 56.3 Å². The van der Waals surface area contributed by atoms with E-state index in [4.69, 9.17) is 9.97 Å². The number of carbonyl (C=O) groups excluding carboxylic acids is 1. The summed E-state index contributed by atoms with van der Waals surface area (Å²) in [7, 11) is 0. The van der Waals surface area contributed by atoms with E-state index in [-0.39, 0.29) is 5.91 Å². The van der Waals surface area contributed by atoms with Crippen molar-refractivity contribution in [2.45, 2.75) is 51.4 Å². The van der Waals surface area contributed by atoms with Crippen molar-refractivity contribution < 1.29 is 4.79 Å². The monoisotopic (exact) mass is 407 g/mol. The van der Waals surface area contributed by atoms with Crippen LogP contribution >= 0.6 is 11.3 Å². The lowest BCUT2D eigenvalue weighted by Gasteiger charge is -2.30. The third-order valence-corrected chi connectivity index (χ3v) is 6.83. The van der Waals surface area contributed by atoms with Gasteiger partial charge in [0.25, 0.3) is 5.91 Å². The van der Waals surface area contributed by atoms with Gasteiger partial charge in [-0.1, -0.05) is 11.6 Å². The standard InChI is InChI=1S/C22H25N5OS/c28-21(16-5-2-1-3-6-16)26-19-13-24-20-17-14-27(22-23-10-12-29-22)11-9-15(17)7-4-8-18(20)25-19/h5,10,12-13H,1-4,6-9,11,14H2,(H,25,26,28). The Bertz CT molecular complexity index is 979. The molecule has 0 saturated carbocycles. The molecule has 0 unspecified atom stereocenters. The summed E-state index contributed by atoms with van der Waals surface area (Å²) >= 11 is 1.68. The second-order valence-corrected chi connectivity index (χ2v) is 8.77. The quantitative estimate of drug-likeness (QED) is 0.818. The molecule has 3 aliphatic rings. The third-order valence-electron chi connectivity index (χ3n) is 6.00. The highest BCUT2D eigenvalue weighted by Gasteiger charge is 2.27. The number of nitrogens with one attached hydrogen (secondary N) is 1. The van der Waals surface area contributed by atoms with Gasteiger partial charge in [-0.3, -0.25) is 9.78 Å². The number of aryl methyl sites for hydroxylation is 1. The maximum Gasteiger partial charge on any atom is 0.252 e. The molecule has 0 bridgehead atoms. The molecule has 1 N–H and O–H groups in total. The lowest BCUT2D eigenvalue weighted by atomic mass is 9.96. The van der Waals surface area contributed by atoms with Gasteiger partial charge in [0.1, 0.15) is 0 Å². The molecule has 2 aromatic heterocycles. The van der Waals surface area contributed by atoms with Crippen molar-refractivity contribution in [3.63, 3.8) is 0 Å². The van der Waals surface area contributed by atoms with Crippen LogP contribution in [0.2, 0.25) is 0 Å². The Morgan fingerprint density at radius 2 is 2.07 bits per heavy atom. The molecule has 6 nitrogen and oxygen atoms in total. The number of anilines is 2. The van der Waals surface area contributed by atoms with E-state index in [1.807, 2.05) is 11.6 Å². The zero-order chi connectivity index (χ0) is 19.6. The Morgan fingerprint density at radius 3 is 2.90 bits per heavy atom. The number of fused-ring (bicyclic) bond motifs is 2.